The summed E-state index contributed by atoms with van der Waals surface area (Å²) in [5.74, 6) is -0.0692. The highest BCUT2D eigenvalue weighted by atomic mass is 15.0. The number of aromatic nitrogens is 2. The third-order valence-corrected chi connectivity index (χ3v) is 10.2. The average Bonchev–Trinajstić information content (AvgIpc) is 3.67. The van der Waals surface area contributed by atoms with E-state index in [1.807, 2.05) is 18.2 Å². The van der Waals surface area contributed by atoms with Crippen molar-refractivity contribution in [2.75, 3.05) is 0 Å². The minimum atomic E-state index is -0.0692. The molecular weight excluding hydrogens is 585 g/mol. The molecule has 0 saturated heterocycles. The lowest BCUT2D eigenvalue weighted by Gasteiger charge is -2.25. The van der Waals surface area contributed by atoms with Gasteiger partial charge in [-0.2, -0.15) is 10.5 Å². The zero-order chi connectivity index (χ0) is 32.2. The van der Waals surface area contributed by atoms with Gasteiger partial charge in [-0.1, -0.05) is 85.0 Å². The van der Waals surface area contributed by atoms with Gasteiger partial charge in [-0.05, 0) is 102 Å². The van der Waals surface area contributed by atoms with E-state index in [1.54, 1.807) is 0 Å². The van der Waals surface area contributed by atoms with Gasteiger partial charge in [0.2, 0.25) is 0 Å². The Kier molecular flexibility index (Phi) is 6.63. The standard InChI is InChI=1S/C44H32N4/c45-27-29-23-32(30-11-9-13-34(26-30)47-40-19-5-1-14-36(40)37-15-2-6-20-41(37)47)25-33(24-29)35-18-10-12-31(28-46)44(35)48-42-21-7-3-16-38(42)39-17-4-8-22-43(39)48/h1-3,5-6,8-16,18-20,22-23,25-26,33H,4,7,17,21,24H2. The molecule has 1 unspecified atom stereocenters. The van der Waals surface area contributed by atoms with Gasteiger partial charge < -0.3 is 9.13 Å². The van der Waals surface area contributed by atoms with Crippen LogP contribution in [0.4, 0.5) is 0 Å². The summed E-state index contributed by atoms with van der Waals surface area (Å²) in [6.45, 7) is 0. The first-order valence-corrected chi connectivity index (χ1v) is 16.8. The first kappa shape index (κ1) is 28.1. The van der Waals surface area contributed by atoms with Crippen molar-refractivity contribution in [3.8, 4) is 23.5 Å². The molecular formula is C44H32N4. The van der Waals surface area contributed by atoms with E-state index in [9.17, 15) is 10.5 Å². The third-order valence-electron chi connectivity index (χ3n) is 10.2. The predicted molar refractivity (Wildman–Crippen MR) is 195 cm³/mol. The molecule has 6 aromatic rings. The van der Waals surface area contributed by atoms with Crippen LogP contribution in [0.1, 0.15) is 64.4 Å². The highest BCUT2D eigenvalue weighted by Gasteiger charge is 2.29. The van der Waals surface area contributed by atoms with Crippen LogP contribution in [0.2, 0.25) is 0 Å². The number of fused-ring (bicyclic) bond motifs is 6. The molecule has 0 radical (unpaired) electrons. The van der Waals surface area contributed by atoms with E-state index < -0.39 is 0 Å². The van der Waals surface area contributed by atoms with E-state index in [0.717, 1.165) is 59.3 Å². The average molecular weight is 617 g/mol. The van der Waals surface area contributed by atoms with Crippen LogP contribution in [0.5, 0.6) is 0 Å². The van der Waals surface area contributed by atoms with Crippen LogP contribution in [0.3, 0.4) is 0 Å². The van der Waals surface area contributed by atoms with Crippen LogP contribution >= 0.6 is 0 Å². The first-order chi connectivity index (χ1) is 23.7. The van der Waals surface area contributed by atoms with Gasteiger partial charge in [-0.3, -0.25) is 0 Å². The molecule has 1 atom stereocenters. The highest BCUT2D eigenvalue weighted by Crippen LogP contribution is 2.43. The second kappa shape index (κ2) is 11.3. The molecule has 228 valence electrons. The predicted octanol–water partition coefficient (Wildman–Crippen LogP) is 10.4. The largest absolute Gasteiger partial charge is 0.312 e. The van der Waals surface area contributed by atoms with Crippen molar-refractivity contribution < 1.29 is 0 Å². The van der Waals surface area contributed by atoms with E-state index in [4.69, 9.17) is 0 Å². The maximum Gasteiger partial charge on any atom is 0.101 e. The molecule has 3 aliphatic carbocycles. The van der Waals surface area contributed by atoms with Gasteiger partial charge in [0, 0.05) is 39.3 Å². The summed E-state index contributed by atoms with van der Waals surface area (Å²) in [4.78, 5) is 0. The Bertz CT molecular complexity index is 2460. The maximum absolute atomic E-state index is 10.5. The molecule has 4 aromatic carbocycles. The number of rotatable bonds is 4. The number of nitrogens with zero attached hydrogens (tertiary/aromatic N) is 4. The Morgan fingerprint density at radius 1 is 0.708 bits per heavy atom. The fourth-order valence-corrected chi connectivity index (χ4v) is 8.18. The van der Waals surface area contributed by atoms with Gasteiger partial charge in [-0.15, -0.1) is 0 Å². The van der Waals surface area contributed by atoms with Crippen molar-refractivity contribution in [2.24, 2.45) is 0 Å². The zero-order valence-corrected chi connectivity index (χ0v) is 26.5. The third kappa shape index (κ3) is 4.34. The van der Waals surface area contributed by atoms with Crippen molar-refractivity contribution in [3.63, 3.8) is 0 Å². The topological polar surface area (TPSA) is 57.4 Å². The second-order valence-electron chi connectivity index (χ2n) is 12.9. The summed E-state index contributed by atoms with van der Waals surface area (Å²) in [6, 6.07) is 36.9. The SMILES string of the molecule is N#CC1=CC(c2cccc(-n3c4ccccc4c4ccccc43)c2)=CC(c2cccc(C#N)c2-n2c3c(c4c2CCC=C4)CCC=C3)C1. The highest BCUT2D eigenvalue weighted by molar-refractivity contribution is 6.09. The van der Waals surface area contributed by atoms with Crippen LogP contribution in [0.15, 0.2) is 121 Å². The molecule has 0 spiro atoms. The van der Waals surface area contributed by atoms with E-state index in [0.29, 0.717) is 12.0 Å². The van der Waals surface area contributed by atoms with Gasteiger partial charge >= 0.3 is 0 Å². The van der Waals surface area contributed by atoms with Crippen molar-refractivity contribution >= 4 is 39.5 Å². The summed E-state index contributed by atoms with van der Waals surface area (Å²) < 4.78 is 4.71. The lowest BCUT2D eigenvalue weighted by Crippen LogP contribution is -2.13. The second-order valence-corrected chi connectivity index (χ2v) is 12.9. The van der Waals surface area contributed by atoms with E-state index in [-0.39, 0.29) is 5.92 Å². The lowest BCUT2D eigenvalue weighted by atomic mass is 9.82. The molecule has 2 aromatic heterocycles. The molecule has 0 bridgehead atoms. The fraction of sp³-hybridized carbons (Fsp3) is 0.136. The number of hydrogen-bond donors (Lipinski definition) is 0. The molecule has 4 nitrogen and oxygen atoms in total. The van der Waals surface area contributed by atoms with Gasteiger partial charge in [-0.25, -0.2) is 0 Å². The molecule has 2 heterocycles. The van der Waals surface area contributed by atoms with Gasteiger partial charge in [0.1, 0.15) is 6.07 Å². The van der Waals surface area contributed by atoms with E-state index >= 15 is 0 Å². The van der Waals surface area contributed by atoms with Crippen molar-refractivity contribution in [1.29, 1.82) is 10.5 Å². The molecule has 0 N–H and O–H groups in total. The Morgan fingerprint density at radius 3 is 2.25 bits per heavy atom. The zero-order valence-electron chi connectivity index (χ0n) is 26.5. The molecule has 0 amide bonds. The van der Waals surface area contributed by atoms with Crippen molar-refractivity contribution in [3.05, 3.63) is 160 Å². The Labute approximate surface area is 280 Å². The number of hydrogen-bond acceptors (Lipinski definition) is 2. The van der Waals surface area contributed by atoms with Gasteiger partial charge in [0.15, 0.2) is 0 Å². The first-order valence-electron chi connectivity index (χ1n) is 16.8. The number of para-hydroxylation sites is 3. The van der Waals surface area contributed by atoms with Crippen LogP contribution in [-0.2, 0) is 12.8 Å². The number of benzene rings is 4. The summed E-state index contributed by atoms with van der Waals surface area (Å²) in [6.07, 6.45) is 18.0. The van der Waals surface area contributed by atoms with E-state index in [2.05, 4.69) is 131 Å². The minimum Gasteiger partial charge on any atom is -0.312 e. The number of allylic oxidation sites excluding steroid dienone is 6. The molecule has 4 heteroatoms. The molecule has 9 rings (SSSR count). The Morgan fingerprint density at radius 2 is 1.46 bits per heavy atom. The summed E-state index contributed by atoms with van der Waals surface area (Å²) in [5.41, 5.74) is 14.1. The van der Waals surface area contributed by atoms with Crippen LogP contribution in [0.25, 0.3) is 50.9 Å². The molecule has 0 fully saturated rings. The maximum atomic E-state index is 10.5. The summed E-state index contributed by atoms with van der Waals surface area (Å²) in [5, 5.41) is 23.2. The quantitative estimate of drug-likeness (QED) is 0.198. The summed E-state index contributed by atoms with van der Waals surface area (Å²) >= 11 is 0. The van der Waals surface area contributed by atoms with Crippen LogP contribution in [0, 0.1) is 22.7 Å². The monoisotopic (exact) mass is 616 g/mol. The van der Waals surface area contributed by atoms with E-state index in [1.165, 1.54) is 44.3 Å². The molecule has 3 aliphatic rings. The fourth-order valence-electron chi connectivity index (χ4n) is 8.18. The smallest absolute Gasteiger partial charge is 0.101 e. The minimum absolute atomic E-state index is 0.0692. The normalized spacial score (nSPS) is 16.6. The molecule has 0 aliphatic heterocycles. The van der Waals surface area contributed by atoms with Crippen LogP contribution < -0.4 is 0 Å². The van der Waals surface area contributed by atoms with Gasteiger partial charge in [0.25, 0.3) is 0 Å². The Hall–Kier alpha value is -6.10. The van der Waals surface area contributed by atoms with Crippen molar-refractivity contribution in [2.45, 2.75) is 38.0 Å². The van der Waals surface area contributed by atoms with Crippen LogP contribution in [-0.4, -0.2) is 9.13 Å². The Balaban J connectivity index is 1.21. The van der Waals surface area contributed by atoms with Gasteiger partial charge in [0.05, 0.1) is 28.4 Å². The lowest BCUT2D eigenvalue weighted by molar-refractivity contribution is 0.801. The molecule has 48 heavy (non-hydrogen) atoms. The molecule has 0 saturated carbocycles. The number of nitriles is 2. The van der Waals surface area contributed by atoms with Crippen molar-refractivity contribution in [1.82, 2.24) is 9.13 Å². The summed E-state index contributed by atoms with van der Waals surface area (Å²) in [7, 11) is 0.